The molecule has 2 aliphatic rings. The molecule has 0 saturated carbocycles. The summed E-state index contributed by atoms with van der Waals surface area (Å²) in [4.78, 5) is 30.9. The number of aromatic amines is 1. The number of esters is 1. The molecule has 3 heterocycles. The van der Waals surface area contributed by atoms with Crippen LogP contribution in [0.2, 0.25) is 0 Å². The second-order valence-corrected chi connectivity index (χ2v) is 10.1. The molecular weight excluding hydrogens is 492 g/mol. The molecule has 1 aliphatic carbocycles. The molecule has 0 spiro atoms. The van der Waals surface area contributed by atoms with E-state index in [-0.39, 0.29) is 18.3 Å². The molecule has 39 heavy (non-hydrogen) atoms. The molecule has 0 saturated heterocycles. The lowest BCUT2D eigenvalue weighted by atomic mass is 9.71. The lowest BCUT2D eigenvalue weighted by Crippen LogP contribution is -2.36. The molecule has 4 aromatic rings. The molecule has 0 amide bonds. The first-order valence-electron chi connectivity index (χ1n) is 13.0. The van der Waals surface area contributed by atoms with E-state index >= 15 is 0 Å². The summed E-state index contributed by atoms with van der Waals surface area (Å²) in [6.45, 7) is 1.93. The maximum atomic E-state index is 14.0. The fraction of sp³-hybridized carbons (Fsp3) is 0.258. The van der Waals surface area contributed by atoms with Gasteiger partial charge in [0.15, 0.2) is 5.78 Å². The summed E-state index contributed by atoms with van der Waals surface area (Å²) in [6.07, 6.45) is 4.65. The fourth-order valence-corrected chi connectivity index (χ4v) is 5.96. The van der Waals surface area contributed by atoms with Gasteiger partial charge in [-0.3, -0.25) is 9.48 Å². The number of ether oxygens (including phenoxy) is 2. The molecule has 2 atom stereocenters. The number of fused-ring (bicyclic) bond motifs is 1. The highest BCUT2D eigenvalue weighted by Gasteiger charge is 2.42. The lowest BCUT2D eigenvalue weighted by molar-refractivity contribution is -0.140. The van der Waals surface area contributed by atoms with Gasteiger partial charge in [-0.1, -0.05) is 30.3 Å². The van der Waals surface area contributed by atoms with Gasteiger partial charge in [-0.25, -0.2) is 4.79 Å². The van der Waals surface area contributed by atoms with Gasteiger partial charge in [0.1, 0.15) is 12.4 Å². The van der Waals surface area contributed by atoms with Gasteiger partial charge in [0.05, 0.1) is 18.4 Å². The molecule has 2 N–H and O–H groups in total. The van der Waals surface area contributed by atoms with Crippen molar-refractivity contribution in [1.82, 2.24) is 20.1 Å². The lowest BCUT2D eigenvalue weighted by Gasteiger charge is -2.37. The van der Waals surface area contributed by atoms with Gasteiger partial charge in [0.2, 0.25) is 0 Å². The van der Waals surface area contributed by atoms with Crippen molar-refractivity contribution in [2.45, 2.75) is 38.2 Å². The Balaban J connectivity index is 1.42. The van der Waals surface area contributed by atoms with E-state index in [9.17, 15) is 9.59 Å². The predicted molar refractivity (Wildman–Crippen MR) is 147 cm³/mol. The third-order valence-corrected chi connectivity index (χ3v) is 7.69. The molecule has 0 unspecified atom stereocenters. The van der Waals surface area contributed by atoms with Crippen LogP contribution in [0.15, 0.2) is 89.5 Å². The second-order valence-electron chi connectivity index (χ2n) is 10.1. The normalized spacial score (nSPS) is 19.2. The molecule has 2 aromatic carbocycles. The zero-order chi connectivity index (χ0) is 27.1. The highest BCUT2D eigenvalue weighted by molar-refractivity contribution is 6.05. The number of para-hydroxylation sites is 1. The molecule has 0 radical (unpaired) electrons. The quantitative estimate of drug-likeness (QED) is 0.345. The predicted octanol–water partition coefficient (Wildman–Crippen LogP) is 5.02. The van der Waals surface area contributed by atoms with Gasteiger partial charge < -0.3 is 19.8 Å². The van der Waals surface area contributed by atoms with Crippen LogP contribution >= 0.6 is 0 Å². The Hall–Kier alpha value is -4.59. The first kappa shape index (κ1) is 24.7. The second kappa shape index (κ2) is 9.94. The van der Waals surface area contributed by atoms with Crippen LogP contribution in [0.5, 0.6) is 5.75 Å². The summed E-state index contributed by atoms with van der Waals surface area (Å²) in [7, 11) is 3.47. The maximum absolute atomic E-state index is 14.0. The highest BCUT2D eigenvalue weighted by Crippen LogP contribution is 2.48. The molecule has 2 aromatic heterocycles. The van der Waals surface area contributed by atoms with Crippen molar-refractivity contribution < 1.29 is 19.1 Å². The van der Waals surface area contributed by atoms with Gasteiger partial charge >= 0.3 is 5.97 Å². The molecule has 0 fully saturated rings. The smallest absolute Gasteiger partial charge is 0.337 e. The average molecular weight is 523 g/mol. The van der Waals surface area contributed by atoms with E-state index in [0.29, 0.717) is 35.4 Å². The zero-order valence-corrected chi connectivity index (χ0v) is 22.2. The Morgan fingerprint density at radius 2 is 1.90 bits per heavy atom. The molecule has 8 heteroatoms. The standard InChI is InChI=1S/C31H30N4O4/c1-18-28(31(37)39-17-20-12-14-35(2)34-20)29(23-8-6-9-24-22(23)11-13-32-24)30-25(33-18)15-19(16-26(30)36)21-7-4-5-10-27(21)38-3/h4-14,19,29,32-33H,15-17H2,1-3H3/t19-,29-/m1/s1. The number of carbonyl (C=O) groups excluding carboxylic acids is 2. The largest absolute Gasteiger partial charge is 0.496 e. The Kier molecular flexibility index (Phi) is 6.30. The third-order valence-electron chi connectivity index (χ3n) is 7.69. The van der Waals surface area contributed by atoms with Crippen LogP contribution in [-0.2, 0) is 28.0 Å². The number of carbonyl (C=O) groups is 2. The number of rotatable bonds is 6. The van der Waals surface area contributed by atoms with Crippen molar-refractivity contribution in [2.24, 2.45) is 7.05 Å². The van der Waals surface area contributed by atoms with Crippen LogP contribution in [0.25, 0.3) is 10.9 Å². The van der Waals surface area contributed by atoms with Crippen LogP contribution in [0.1, 0.15) is 48.4 Å². The molecule has 8 nitrogen and oxygen atoms in total. The first-order chi connectivity index (χ1) is 18.9. The summed E-state index contributed by atoms with van der Waals surface area (Å²) < 4.78 is 13.0. The number of aromatic nitrogens is 3. The first-order valence-corrected chi connectivity index (χ1v) is 13.0. The van der Waals surface area contributed by atoms with Gasteiger partial charge in [-0.2, -0.15) is 5.10 Å². The van der Waals surface area contributed by atoms with E-state index in [4.69, 9.17) is 9.47 Å². The number of hydrogen-bond donors (Lipinski definition) is 2. The van der Waals surface area contributed by atoms with E-state index in [1.165, 1.54) is 0 Å². The summed E-state index contributed by atoms with van der Waals surface area (Å²) in [5.41, 5.74) is 6.12. The molecule has 6 rings (SSSR count). The van der Waals surface area contributed by atoms with E-state index in [1.54, 1.807) is 18.0 Å². The summed E-state index contributed by atoms with van der Waals surface area (Å²) >= 11 is 0. The minimum Gasteiger partial charge on any atom is -0.496 e. The summed E-state index contributed by atoms with van der Waals surface area (Å²) in [6, 6.07) is 17.6. The Bertz CT molecular complexity index is 1660. The van der Waals surface area contributed by atoms with Crippen molar-refractivity contribution in [3.63, 3.8) is 0 Å². The van der Waals surface area contributed by atoms with E-state index in [2.05, 4.69) is 15.4 Å². The maximum Gasteiger partial charge on any atom is 0.337 e. The fourth-order valence-electron chi connectivity index (χ4n) is 5.96. The van der Waals surface area contributed by atoms with Gasteiger partial charge in [0, 0.05) is 65.6 Å². The topological polar surface area (TPSA) is 98.2 Å². The number of aryl methyl sites for hydroxylation is 1. The van der Waals surface area contributed by atoms with Crippen LogP contribution in [0.4, 0.5) is 0 Å². The van der Waals surface area contributed by atoms with E-state index < -0.39 is 11.9 Å². The minimum atomic E-state index is -0.553. The number of hydrogen-bond acceptors (Lipinski definition) is 6. The van der Waals surface area contributed by atoms with Crippen LogP contribution in [-0.4, -0.2) is 33.6 Å². The Morgan fingerprint density at radius 1 is 1.08 bits per heavy atom. The highest BCUT2D eigenvalue weighted by atomic mass is 16.5. The number of benzene rings is 2. The van der Waals surface area contributed by atoms with Crippen LogP contribution < -0.4 is 10.1 Å². The number of Topliss-reactive ketones (excluding diaryl/α,β-unsaturated/α-hetero) is 1. The Morgan fingerprint density at radius 3 is 2.69 bits per heavy atom. The average Bonchev–Trinajstić information content (AvgIpc) is 3.59. The number of nitrogens with one attached hydrogen (secondary N) is 2. The summed E-state index contributed by atoms with van der Waals surface area (Å²) in [5, 5.41) is 8.72. The van der Waals surface area contributed by atoms with Crippen molar-refractivity contribution in [2.75, 3.05) is 7.11 Å². The zero-order valence-electron chi connectivity index (χ0n) is 22.2. The number of H-pyrrole nitrogens is 1. The molecule has 0 bridgehead atoms. The van der Waals surface area contributed by atoms with Gasteiger partial charge in [-0.05, 0) is 48.7 Å². The van der Waals surface area contributed by atoms with Crippen molar-refractivity contribution in [3.05, 3.63) is 106 Å². The number of methoxy groups -OCH3 is 1. The van der Waals surface area contributed by atoms with Crippen LogP contribution in [0.3, 0.4) is 0 Å². The Labute approximate surface area is 226 Å². The van der Waals surface area contributed by atoms with Crippen molar-refractivity contribution in [3.8, 4) is 5.75 Å². The summed E-state index contributed by atoms with van der Waals surface area (Å²) in [5.74, 6) is -0.263. The SMILES string of the molecule is COc1ccccc1[C@H]1CC(=O)C2=C(C1)NC(C)=C(C(=O)OCc1ccn(C)n1)[C@H]2c1cccc2[nH]ccc12. The minimum absolute atomic E-state index is 0.0136. The number of ketones is 1. The third kappa shape index (κ3) is 4.41. The van der Waals surface area contributed by atoms with E-state index in [1.807, 2.05) is 74.8 Å². The van der Waals surface area contributed by atoms with Gasteiger partial charge in [-0.15, -0.1) is 0 Å². The molecular formula is C31H30N4O4. The number of allylic oxidation sites excluding steroid dienone is 3. The van der Waals surface area contributed by atoms with Crippen molar-refractivity contribution >= 4 is 22.7 Å². The van der Waals surface area contributed by atoms with Crippen LogP contribution in [0, 0.1) is 0 Å². The van der Waals surface area contributed by atoms with Crippen molar-refractivity contribution in [1.29, 1.82) is 0 Å². The monoisotopic (exact) mass is 522 g/mol. The number of dihydropyridines is 1. The molecule has 198 valence electrons. The molecule has 1 aliphatic heterocycles. The number of nitrogens with zero attached hydrogens (tertiary/aromatic N) is 2. The van der Waals surface area contributed by atoms with Gasteiger partial charge in [0.25, 0.3) is 0 Å². The van der Waals surface area contributed by atoms with E-state index in [0.717, 1.165) is 33.5 Å².